The van der Waals surface area contributed by atoms with Gasteiger partial charge in [0.05, 0.1) is 24.4 Å². The second-order valence-electron chi connectivity index (χ2n) is 7.00. The van der Waals surface area contributed by atoms with Crippen LogP contribution in [0.25, 0.3) is 0 Å². The molecule has 0 bridgehead atoms. The largest absolute Gasteiger partial charge is 0.494 e. The summed E-state index contributed by atoms with van der Waals surface area (Å²) in [6.45, 7) is 10.7. The Bertz CT molecular complexity index is 493. The van der Waals surface area contributed by atoms with Crippen molar-refractivity contribution in [3.63, 3.8) is 0 Å². The molecule has 0 aromatic rings. The second kappa shape index (κ2) is 6.79. The predicted octanol–water partition coefficient (Wildman–Crippen LogP) is 2.70. The highest BCUT2D eigenvalue weighted by Crippen LogP contribution is 2.39. The molecule has 0 radical (unpaired) electrons. The lowest BCUT2D eigenvalue weighted by Gasteiger charge is -2.32. The van der Waals surface area contributed by atoms with Crippen LogP contribution in [0.2, 0.25) is 0 Å². The lowest BCUT2D eigenvalue weighted by molar-refractivity contribution is -0.147. The zero-order chi connectivity index (χ0) is 17.3. The van der Waals surface area contributed by atoms with Gasteiger partial charge in [-0.25, -0.2) is 0 Å². The van der Waals surface area contributed by atoms with E-state index in [1.165, 1.54) is 7.11 Å². The molecule has 2 atom stereocenters. The first-order chi connectivity index (χ1) is 10.7. The van der Waals surface area contributed by atoms with E-state index in [0.29, 0.717) is 6.61 Å². The van der Waals surface area contributed by atoms with Crippen LogP contribution in [0.15, 0.2) is 23.7 Å². The highest BCUT2D eigenvalue weighted by atomic mass is 16.7. The third kappa shape index (κ3) is 3.70. The van der Waals surface area contributed by atoms with E-state index in [2.05, 4.69) is 0 Å². The molecule has 2 aliphatic rings. The fourth-order valence-corrected chi connectivity index (χ4v) is 2.56. The Morgan fingerprint density at radius 1 is 1.26 bits per heavy atom. The molecule has 0 aromatic carbocycles. The standard InChI is InChI=1S/C17H27BO5/c1-7-10-21-14-11-12(8-9-13(14)15(19)20-6)18-22-16(2,3)17(4,5)23-18/h8-9,11,13-14H,7,10H2,1-6H3. The number of allylic oxidation sites excluding steroid dienone is 2. The minimum absolute atomic E-state index is 0.299. The van der Waals surface area contributed by atoms with Crippen molar-refractivity contribution in [2.24, 2.45) is 5.92 Å². The van der Waals surface area contributed by atoms with Crippen LogP contribution >= 0.6 is 0 Å². The van der Waals surface area contributed by atoms with Crippen LogP contribution in [0.5, 0.6) is 0 Å². The van der Waals surface area contributed by atoms with E-state index in [1.807, 2.05) is 52.8 Å². The molecule has 1 aliphatic heterocycles. The molecule has 0 amide bonds. The maximum absolute atomic E-state index is 11.9. The van der Waals surface area contributed by atoms with Crippen molar-refractivity contribution >= 4 is 13.1 Å². The number of ether oxygens (including phenoxy) is 2. The van der Waals surface area contributed by atoms with Gasteiger partial charge in [0.2, 0.25) is 0 Å². The number of carbonyl (C=O) groups excluding carboxylic acids is 1. The van der Waals surface area contributed by atoms with Crippen molar-refractivity contribution in [1.82, 2.24) is 0 Å². The van der Waals surface area contributed by atoms with Crippen LogP contribution in [0.4, 0.5) is 0 Å². The van der Waals surface area contributed by atoms with Crippen LogP contribution < -0.4 is 0 Å². The number of esters is 1. The van der Waals surface area contributed by atoms with Crippen molar-refractivity contribution in [1.29, 1.82) is 0 Å². The highest BCUT2D eigenvalue weighted by molar-refractivity contribution is 6.55. The fourth-order valence-electron chi connectivity index (χ4n) is 2.56. The summed E-state index contributed by atoms with van der Waals surface area (Å²) in [7, 11) is 0.933. The Balaban J connectivity index is 2.19. The summed E-state index contributed by atoms with van der Waals surface area (Å²) in [6, 6.07) is 0. The average Bonchev–Trinajstić information content (AvgIpc) is 2.72. The maximum Gasteiger partial charge on any atom is 0.494 e. The van der Waals surface area contributed by atoms with Gasteiger partial charge < -0.3 is 18.8 Å². The van der Waals surface area contributed by atoms with Gasteiger partial charge in [-0.3, -0.25) is 4.79 Å². The molecule has 2 unspecified atom stereocenters. The first kappa shape index (κ1) is 18.2. The third-order valence-electron chi connectivity index (χ3n) is 4.72. The normalized spacial score (nSPS) is 28.6. The van der Waals surface area contributed by atoms with Gasteiger partial charge in [-0.2, -0.15) is 0 Å². The maximum atomic E-state index is 11.9. The van der Waals surface area contributed by atoms with Gasteiger partial charge in [-0.15, -0.1) is 0 Å². The van der Waals surface area contributed by atoms with Gasteiger partial charge in [0.25, 0.3) is 0 Å². The Kier molecular flexibility index (Phi) is 5.39. The van der Waals surface area contributed by atoms with Gasteiger partial charge in [0, 0.05) is 6.61 Å². The topological polar surface area (TPSA) is 54.0 Å². The summed E-state index contributed by atoms with van der Waals surface area (Å²) in [5.41, 5.74) is 0.0845. The second-order valence-corrected chi connectivity index (χ2v) is 7.00. The van der Waals surface area contributed by atoms with Crippen molar-refractivity contribution in [3.8, 4) is 0 Å². The van der Waals surface area contributed by atoms with Crippen LogP contribution in [-0.2, 0) is 23.6 Å². The molecule has 1 aliphatic carbocycles. The molecule has 0 N–H and O–H groups in total. The SMILES string of the molecule is CCCOC1C=C(B2OC(C)(C)C(C)(C)O2)C=CC1C(=O)OC. The summed E-state index contributed by atoms with van der Waals surface area (Å²) in [4.78, 5) is 11.9. The summed E-state index contributed by atoms with van der Waals surface area (Å²) >= 11 is 0. The van der Waals surface area contributed by atoms with Crippen molar-refractivity contribution in [2.45, 2.75) is 58.3 Å². The first-order valence-electron chi connectivity index (χ1n) is 8.17. The minimum atomic E-state index is -0.456. The Morgan fingerprint density at radius 3 is 2.39 bits per heavy atom. The van der Waals surface area contributed by atoms with Gasteiger partial charge in [0.1, 0.15) is 5.92 Å². The Hall–Kier alpha value is -1.11. The van der Waals surface area contributed by atoms with E-state index < -0.39 is 24.2 Å². The zero-order valence-corrected chi connectivity index (χ0v) is 14.9. The van der Waals surface area contributed by atoms with Crippen molar-refractivity contribution < 1.29 is 23.6 Å². The minimum Gasteiger partial charge on any atom is -0.468 e. The van der Waals surface area contributed by atoms with E-state index in [0.717, 1.165) is 11.9 Å². The molecule has 1 heterocycles. The first-order valence-corrected chi connectivity index (χ1v) is 8.17. The number of hydrogen-bond acceptors (Lipinski definition) is 5. The quantitative estimate of drug-likeness (QED) is 0.575. The van der Waals surface area contributed by atoms with Crippen LogP contribution in [0.3, 0.4) is 0 Å². The average molecular weight is 322 g/mol. The molecule has 6 heteroatoms. The third-order valence-corrected chi connectivity index (χ3v) is 4.72. The number of hydrogen-bond donors (Lipinski definition) is 0. The summed E-state index contributed by atoms with van der Waals surface area (Å²) in [5.74, 6) is -0.732. The van der Waals surface area contributed by atoms with Crippen molar-refractivity contribution in [3.05, 3.63) is 23.7 Å². The fraction of sp³-hybridized carbons (Fsp3) is 0.706. The van der Waals surface area contributed by atoms with E-state index in [4.69, 9.17) is 18.8 Å². The molecule has 5 nitrogen and oxygen atoms in total. The summed E-state index contributed by atoms with van der Waals surface area (Å²) < 4.78 is 22.8. The molecule has 23 heavy (non-hydrogen) atoms. The molecule has 0 aromatic heterocycles. The smallest absolute Gasteiger partial charge is 0.468 e. The molecule has 0 spiro atoms. The summed E-state index contributed by atoms with van der Waals surface area (Å²) in [5, 5.41) is 0. The van der Waals surface area contributed by atoms with E-state index in [9.17, 15) is 4.79 Å². The van der Waals surface area contributed by atoms with E-state index >= 15 is 0 Å². The van der Waals surface area contributed by atoms with Crippen LogP contribution in [0, 0.1) is 5.92 Å². The van der Waals surface area contributed by atoms with E-state index in [1.54, 1.807) is 0 Å². The molecule has 1 saturated heterocycles. The van der Waals surface area contributed by atoms with Crippen LogP contribution in [0.1, 0.15) is 41.0 Å². The molecule has 1 fully saturated rings. The van der Waals surface area contributed by atoms with Crippen LogP contribution in [-0.4, -0.2) is 44.1 Å². The van der Waals surface area contributed by atoms with E-state index in [-0.39, 0.29) is 12.1 Å². The Labute approximate surface area is 139 Å². The van der Waals surface area contributed by atoms with Gasteiger partial charge in [-0.1, -0.05) is 25.2 Å². The van der Waals surface area contributed by atoms with Gasteiger partial charge >= 0.3 is 13.1 Å². The number of rotatable bonds is 5. The summed E-state index contributed by atoms with van der Waals surface area (Å²) in [6.07, 6.45) is 6.12. The lowest BCUT2D eigenvalue weighted by Crippen LogP contribution is -2.41. The predicted molar refractivity (Wildman–Crippen MR) is 88.8 cm³/mol. The Morgan fingerprint density at radius 2 is 1.87 bits per heavy atom. The number of carbonyl (C=O) groups is 1. The molecule has 2 rings (SSSR count). The lowest BCUT2D eigenvalue weighted by atomic mass is 9.73. The van der Waals surface area contributed by atoms with Crippen molar-refractivity contribution in [2.75, 3.05) is 13.7 Å². The van der Waals surface area contributed by atoms with Gasteiger partial charge in [-0.05, 0) is 39.6 Å². The monoisotopic (exact) mass is 322 g/mol. The molecule has 0 saturated carbocycles. The molecule has 128 valence electrons. The van der Waals surface area contributed by atoms with Gasteiger partial charge in [0.15, 0.2) is 0 Å². The molecular weight excluding hydrogens is 295 g/mol. The molecular formula is C17H27BO5. The number of methoxy groups -OCH3 is 1. The highest BCUT2D eigenvalue weighted by Gasteiger charge is 2.52. The zero-order valence-electron chi connectivity index (χ0n) is 14.9.